The highest BCUT2D eigenvalue weighted by molar-refractivity contribution is 7.10. The number of dihydropyridines is 1. The zero-order chi connectivity index (χ0) is 22.9. The molecule has 6 heteroatoms. The van der Waals surface area contributed by atoms with Gasteiger partial charge in [0.05, 0.1) is 11.6 Å². The van der Waals surface area contributed by atoms with Crippen LogP contribution in [0.1, 0.15) is 42.0 Å². The maximum absolute atomic E-state index is 14.2. The fourth-order valence-corrected chi connectivity index (χ4v) is 5.64. The predicted molar refractivity (Wildman–Crippen MR) is 128 cm³/mol. The van der Waals surface area contributed by atoms with E-state index in [1.807, 2.05) is 42.6 Å². The number of hydrogen-bond donors (Lipinski definition) is 2. The molecule has 3 aromatic rings. The van der Waals surface area contributed by atoms with Gasteiger partial charge in [0.15, 0.2) is 5.78 Å². The summed E-state index contributed by atoms with van der Waals surface area (Å²) < 4.78 is 14.2. The van der Waals surface area contributed by atoms with Crippen LogP contribution in [0.25, 0.3) is 0 Å². The van der Waals surface area contributed by atoms with Gasteiger partial charge in [0.2, 0.25) is 0 Å². The van der Waals surface area contributed by atoms with Crippen molar-refractivity contribution in [1.82, 2.24) is 5.32 Å². The summed E-state index contributed by atoms with van der Waals surface area (Å²) in [7, 11) is 0. The van der Waals surface area contributed by atoms with Gasteiger partial charge < -0.3 is 10.6 Å². The van der Waals surface area contributed by atoms with Crippen molar-refractivity contribution in [2.75, 3.05) is 5.32 Å². The number of benzene rings is 2. The maximum atomic E-state index is 14.2. The Morgan fingerprint density at radius 1 is 1.03 bits per heavy atom. The molecule has 2 N–H and O–H groups in total. The Balaban J connectivity index is 1.54. The second-order valence-corrected chi connectivity index (χ2v) is 9.36. The highest BCUT2D eigenvalue weighted by Crippen LogP contribution is 2.46. The predicted octanol–water partition coefficient (Wildman–Crippen LogP) is 5.89. The molecule has 2 heterocycles. The quantitative estimate of drug-likeness (QED) is 0.513. The number of para-hydroxylation sites is 1. The van der Waals surface area contributed by atoms with Crippen molar-refractivity contribution in [2.45, 2.75) is 31.6 Å². The van der Waals surface area contributed by atoms with Crippen molar-refractivity contribution < 1.29 is 14.0 Å². The van der Waals surface area contributed by atoms with E-state index in [0.29, 0.717) is 29.7 Å². The lowest BCUT2D eigenvalue weighted by Crippen LogP contribution is -2.36. The molecule has 4 nitrogen and oxygen atoms in total. The number of ketones is 1. The zero-order valence-corrected chi connectivity index (χ0v) is 18.9. The molecule has 0 bridgehead atoms. The lowest BCUT2D eigenvalue weighted by atomic mass is 9.73. The maximum Gasteiger partial charge on any atom is 0.254 e. The Hall–Kier alpha value is -3.51. The van der Waals surface area contributed by atoms with Gasteiger partial charge in [-0.2, -0.15) is 0 Å². The third-order valence-electron chi connectivity index (χ3n) is 6.29. The third kappa shape index (κ3) is 4.02. The fraction of sp³-hybridized carbons (Fsp3) is 0.185. The van der Waals surface area contributed by atoms with Gasteiger partial charge in [-0.25, -0.2) is 4.39 Å². The summed E-state index contributed by atoms with van der Waals surface area (Å²) in [6.45, 7) is 1.84. The molecule has 0 saturated carbocycles. The molecule has 1 aliphatic carbocycles. The van der Waals surface area contributed by atoms with Crippen molar-refractivity contribution in [3.8, 4) is 0 Å². The average molecular weight is 459 g/mol. The molecule has 2 atom stereocenters. The van der Waals surface area contributed by atoms with E-state index >= 15 is 0 Å². The first-order chi connectivity index (χ1) is 16.0. The monoisotopic (exact) mass is 458 g/mol. The highest BCUT2D eigenvalue weighted by atomic mass is 32.1. The van der Waals surface area contributed by atoms with E-state index in [-0.39, 0.29) is 17.4 Å². The number of thiophene rings is 1. The highest BCUT2D eigenvalue weighted by Gasteiger charge is 2.41. The summed E-state index contributed by atoms with van der Waals surface area (Å²) in [5, 5.41) is 8.01. The zero-order valence-electron chi connectivity index (χ0n) is 18.1. The van der Waals surface area contributed by atoms with E-state index in [1.165, 1.54) is 23.5 Å². The van der Waals surface area contributed by atoms with Crippen LogP contribution in [-0.4, -0.2) is 11.7 Å². The van der Waals surface area contributed by atoms with Crippen LogP contribution in [0.5, 0.6) is 0 Å². The van der Waals surface area contributed by atoms with Crippen LogP contribution in [0.15, 0.2) is 94.7 Å². The van der Waals surface area contributed by atoms with Crippen molar-refractivity contribution in [3.63, 3.8) is 0 Å². The molecule has 2 aromatic carbocycles. The molecule has 0 unspecified atom stereocenters. The van der Waals surface area contributed by atoms with Gasteiger partial charge in [-0.15, -0.1) is 11.3 Å². The number of Topliss-reactive ketones (excluding diaryl/α,β-unsaturated/α-hetero) is 1. The number of hydrogen-bond acceptors (Lipinski definition) is 4. The van der Waals surface area contributed by atoms with Crippen molar-refractivity contribution in [1.29, 1.82) is 0 Å². The molecular formula is C27H23FN2O2S. The number of carbonyl (C=O) groups is 2. The Bertz CT molecular complexity index is 1280. The number of allylic oxidation sites excluding steroid dienone is 3. The van der Waals surface area contributed by atoms with Crippen molar-refractivity contribution >= 4 is 28.7 Å². The third-order valence-corrected chi connectivity index (χ3v) is 7.23. The molecule has 5 rings (SSSR count). The van der Waals surface area contributed by atoms with E-state index in [2.05, 4.69) is 22.8 Å². The molecule has 0 saturated heterocycles. The van der Waals surface area contributed by atoms with E-state index in [0.717, 1.165) is 16.1 Å². The number of amides is 1. The number of nitrogens with one attached hydrogen (secondary N) is 2. The van der Waals surface area contributed by atoms with Gasteiger partial charge in [0, 0.05) is 33.8 Å². The van der Waals surface area contributed by atoms with Crippen LogP contribution in [0, 0.1) is 5.82 Å². The molecule has 1 aromatic heterocycles. The molecule has 1 amide bonds. The minimum Gasteiger partial charge on any atom is -0.362 e. The minimum atomic E-state index is -0.500. The van der Waals surface area contributed by atoms with Gasteiger partial charge in [0.1, 0.15) is 5.82 Å². The summed E-state index contributed by atoms with van der Waals surface area (Å²) in [5.74, 6) is -1.25. The topological polar surface area (TPSA) is 58.2 Å². The molecule has 2 aliphatic rings. The number of carbonyl (C=O) groups excluding carboxylic acids is 2. The molecule has 166 valence electrons. The first-order valence-corrected chi connectivity index (χ1v) is 11.8. The average Bonchev–Trinajstić information content (AvgIpc) is 3.35. The number of anilines is 1. The Labute approximate surface area is 195 Å². The van der Waals surface area contributed by atoms with Gasteiger partial charge in [-0.05, 0) is 48.4 Å². The molecular weight excluding hydrogens is 435 g/mol. The second-order valence-electron chi connectivity index (χ2n) is 8.38. The Morgan fingerprint density at radius 3 is 2.52 bits per heavy atom. The lowest BCUT2D eigenvalue weighted by molar-refractivity contribution is -0.116. The van der Waals surface area contributed by atoms with Crippen molar-refractivity contribution in [3.05, 3.63) is 111 Å². The van der Waals surface area contributed by atoms with Gasteiger partial charge in [0.25, 0.3) is 5.91 Å². The first kappa shape index (κ1) is 21.3. The smallest absolute Gasteiger partial charge is 0.254 e. The first-order valence-electron chi connectivity index (χ1n) is 10.9. The summed E-state index contributed by atoms with van der Waals surface area (Å²) >= 11 is 1.51. The standard InChI is InChI=1S/C27H23FN2O2S/c1-16-24(27(32)30-20-11-6-5-10-19(20)28)26(23-12-7-13-33-23)25-21(29-16)14-18(15-22(25)31)17-8-3-2-4-9-17/h2-13,18,26,29H,14-15H2,1H3,(H,30,32)/t18-,26+/m0/s1. The normalized spacial score (nSPS) is 20.4. The second kappa shape index (κ2) is 8.79. The van der Waals surface area contributed by atoms with Gasteiger partial charge in [-0.3, -0.25) is 9.59 Å². The summed E-state index contributed by atoms with van der Waals surface area (Å²) in [6.07, 6.45) is 1.10. The Morgan fingerprint density at radius 2 is 1.79 bits per heavy atom. The van der Waals surface area contributed by atoms with Crippen molar-refractivity contribution in [2.24, 2.45) is 0 Å². The number of halogens is 1. The summed E-state index contributed by atoms with van der Waals surface area (Å²) in [5.41, 5.74) is 3.91. The van der Waals surface area contributed by atoms with Crippen LogP contribution in [-0.2, 0) is 9.59 Å². The van der Waals surface area contributed by atoms with Gasteiger partial charge in [-0.1, -0.05) is 48.5 Å². The van der Waals surface area contributed by atoms with Crippen LogP contribution < -0.4 is 10.6 Å². The van der Waals surface area contributed by atoms with Crippen LogP contribution in [0.4, 0.5) is 10.1 Å². The summed E-state index contributed by atoms with van der Waals surface area (Å²) in [6, 6.07) is 20.0. The largest absolute Gasteiger partial charge is 0.362 e. The van der Waals surface area contributed by atoms with E-state index < -0.39 is 17.6 Å². The van der Waals surface area contributed by atoms with Gasteiger partial charge >= 0.3 is 0 Å². The Kier molecular flexibility index (Phi) is 5.68. The molecule has 33 heavy (non-hydrogen) atoms. The minimum absolute atomic E-state index is 0.0414. The molecule has 0 spiro atoms. The summed E-state index contributed by atoms with van der Waals surface area (Å²) in [4.78, 5) is 27.8. The SMILES string of the molecule is CC1=C(C(=O)Nc2ccccc2F)[C@@H](c2cccs2)C2=C(C[C@H](c3ccccc3)CC2=O)N1. The molecule has 1 aliphatic heterocycles. The van der Waals surface area contributed by atoms with Crippen LogP contribution in [0.2, 0.25) is 0 Å². The fourth-order valence-electron chi connectivity index (χ4n) is 4.79. The van der Waals surface area contributed by atoms with E-state index in [9.17, 15) is 14.0 Å². The molecule has 0 radical (unpaired) electrons. The number of rotatable bonds is 4. The van der Waals surface area contributed by atoms with E-state index in [1.54, 1.807) is 12.1 Å². The van der Waals surface area contributed by atoms with Crippen LogP contribution >= 0.6 is 11.3 Å². The molecule has 0 fully saturated rings. The van der Waals surface area contributed by atoms with Crippen LogP contribution in [0.3, 0.4) is 0 Å². The van der Waals surface area contributed by atoms with E-state index in [4.69, 9.17) is 0 Å². The lowest BCUT2D eigenvalue weighted by Gasteiger charge is -2.36.